The smallest absolute Gasteiger partial charge is 0.224 e. The van der Waals surface area contributed by atoms with Gasteiger partial charge in [-0.25, -0.2) is 13.2 Å². The second-order valence-corrected chi connectivity index (χ2v) is 4.69. The van der Waals surface area contributed by atoms with Crippen molar-refractivity contribution in [3.8, 4) is 0 Å². The summed E-state index contributed by atoms with van der Waals surface area (Å²) >= 11 is 0. The molecule has 0 aromatic heterocycles. The first-order chi connectivity index (χ1) is 9.06. The largest absolute Gasteiger partial charge is 0.324 e. The summed E-state index contributed by atoms with van der Waals surface area (Å²) < 4.78 is 39.0. The maximum absolute atomic E-state index is 13.3. The Balaban J connectivity index is 0.00000200. The van der Waals surface area contributed by atoms with Crippen LogP contribution in [0.1, 0.15) is 19.3 Å². The van der Waals surface area contributed by atoms with Gasteiger partial charge in [-0.05, 0) is 31.8 Å². The molecule has 112 valence electrons. The number of rotatable bonds is 4. The first kappa shape index (κ1) is 16.8. The Morgan fingerprint density at radius 3 is 2.60 bits per heavy atom. The molecule has 1 saturated heterocycles. The van der Waals surface area contributed by atoms with Crippen molar-refractivity contribution < 1.29 is 18.0 Å². The van der Waals surface area contributed by atoms with E-state index in [9.17, 15) is 18.0 Å². The molecule has 1 aromatic carbocycles. The highest BCUT2D eigenvalue weighted by atomic mass is 35.5. The zero-order valence-corrected chi connectivity index (χ0v) is 11.5. The molecular formula is C13H16ClF3N2O. The number of halogens is 4. The Morgan fingerprint density at radius 2 is 1.95 bits per heavy atom. The van der Waals surface area contributed by atoms with Crippen molar-refractivity contribution >= 4 is 24.0 Å². The highest BCUT2D eigenvalue weighted by Crippen LogP contribution is 2.20. The van der Waals surface area contributed by atoms with Gasteiger partial charge in [0.25, 0.3) is 0 Å². The summed E-state index contributed by atoms with van der Waals surface area (Å²) in [6.07, 6.45) is 1.96. The Hall–Kier alpha value is -1.27. The van der Waals surface area contributed by atoms with Crippen LogP contribution in [0.25, 0.3) is 0 Å². The van der Waals surface area contributed by atoms with E-state index in [1.165, 1.54) is 0 Å². The van der Waals surface area contributed by atoms with Crippen molar-refractivity contribution in [2.24, 2.45) is 5.92 Å². The minimum absolute atomic E-state index is 0. The number of amides is 1. The first-order valence-electron chi connectivity index (χ1n) is 6.21. The van der Waals surface area contributed by atoms with E-state index < -0.39 is 23.4 Å². The van der Waals surface area contributed by atoms with Crippen LogP contribution in [0.2, 0.25) is 0 Å². The minimum Gasteiger partial charge on any atom is -0.324 e. The lowest BCUT2D eigenvalue weighted by atomic mass is 10.0. The van der Waals surface area contributed by atoms with Crippen LogP contribution in [-0.2, 0) is 4.79 Å². The van der Waals surface area contributed by atoms with Gasteiger partial charge in [0.2, 0.25) is 5.91 Å². The Kier molecular flexibility index (Phi) is 6.29. The topological polar surface area (TPSA) is 41.1 Å². The van der Waals surface area contributed by atoms with Crippen molar-refractivity contribution in [2.45, 2.75) is 19.3 Å². The van der Waals surface area contributed by atoms with Gasteiger partial charge in [-0.3, -0.25) is 4.79 Å². The van der Waals surface area contributed by atoms with E-state index in [1.807, 2.05) is 0 Å². The number of hydrogen-bond donors (Lipinski definition) is 2. The molecule has 0 aliphatic carbocycles. The maximum atomic E-state index is 13.3. The second-order valence-electron chi connectivity index (χ2n) is 4.69. The molecule has 1 fully saturated rings. The molecule has 7 heteroatoms. The third kappa shape index (κ3) is 4.38. The minimum atomic E-state index is -1.27. The fourth-order valence-corrected chi connectivity index (χ4v) is 2.13. The van der Waals surface area contributed by atoms with E-state index in [1.54, 1.807) is 0 Å². The average Bonchev–Trinajstić information content (AvgIpc) is 2.86. The number of benzene rings is 1. The van der Waals surface area contributed by atoms with Gasteiger partial charge >= 0.3 is 0 Å². The lowest BCUT2D eigenvalue weighted by Gasteiger charge is -2.09. The first-order valence-corrected chi connectivity index (χ1v) is 6.21. The van der Waals surface area contributed by atoms with Crippen LogP contribution in [0, 0.1) is 23.4 Å². The Morgan fingerprint density at radius 1 is 1.25 bits per heavy atom. The Bertz CT molecular complexity index is 479. The molecule has 1 aromatic rings. The zero-order chi connectivity index (χ0) is 13.8. The SMILES string of the molecule is Cl.O=C(CCC1CCNC1)Nc1cc(F)c(F)cc1F. The molecule has 1 aliphatic heterocycles. The van der Waals surface area contributed by atoms with Crippen molar-refractivity contribution in [3.05, 3.63) is 29.6 Å². The number of hydrogen-bond acceptors (Lipinski definition) is 2. The third-order valence-corrected chi connectivity index (χ3v) is 3.23. The van der Waals surface area contributed by atoms with Crippen LogP contribution in [0.3, 0.4) is 0 Å². The summed E-state index contributed by atoms with van der Waals surface area (Å²) in [5.74, 6) is -3.38. The van der Waals surface area contributed by atoms with E-state index in [2.05, 4.69) is 10.6 Å². The van der Waals surface area contributed by atoms with Crippen LogP contribution in [-0.4, -0.2) is 19.0 Å². The highest BCUT2D eigenvalue weighted by molar-refractivity contribution is 5.90. The standard InChI is InChI=1S/C13H15F3N2O.ClH/c14-9-5-11(16)12(6-10(9)15)18-13(19)2-1-8-3-4-17-7-8;/h5-6,8,17H,1-4,7H2,(H,18,19);1H. The van der Waals surface area contributed by atoms with Gasteiger partial charge in [-0.1, -0.05) is 0 Å². The van der Waals surface area contributed by atoms with Gasteiger partial charge in [-0.15, -0.1) is 12.4 Å². The summed E-state index contributed by atoms with van der Waals surface area (Å²) in [7, 11) is 0. The van der Waals surface area contributed by atoms with Gasteiger partial charge in [0.1, 0.15) is 5.82 Å². The van der Waals surface area contributed by atoms with Crippen LogP contribution in [0.15, 0.2) is 12.1 Å². The van der Waals surface area contributed by atoms with E-state index in [0.29, 0.717) is 24.5 Å². The monoisotopic (exact) mass is 308 g/mol. The summed E-state index contributed by atoms with van der Waals surface area (Å²) in [6, 6.07) is 1.07. The summed E-state index contributed by atoms with van der Waals surface area (Å²) in [5.41, 5.74) is -0.326. The summed E-state index contributed by atoms with van der Waals surface area (Å²) in [4.78, 5) is 11.6. The van der Waals surface area contributed by atoms with E-state index >= 15 is 0 Å². The van der Waals surface area contributed by atoms with Crippen molar-refractivity contribution in [1.82, 2.24) is 5.32 Å². The summed E-state index contributed by atoms with van der Waals surface area (Å²) in [5, 5.41) is 5.45. The van der Waals surface area contributed by atoms with Crippen molar-refractivity contribution in [1.29, 1.82) is 0 Å². The maximum Gasteiger partial charge on any atom is 0.224 e. The van der Waals surface area contributed by atoms with Crippen molar-refractivity contribution in [3.63, 3.8) is 0 Å². The molecule has 3 nitrogen and oxygen atoms in total. The predicted octanol–water partition coefficient (Wildman–Crippen LogP) is 2.85. The molecule has 1 unspecified atom stereocenters. The van der Waals surface area contributed by atoms with E-state index in [0.717, 1.165) is 19.5 Å². The fourth-order valence-electron chi connectivity index (χ4n) is 2.13. The van der Waals surface area contributed by atoms with E-state index in [-0.39, 0.29) is 24.5 Å². The zero-order valence-electron chi connectivity index (χ0n) is 10.7. The molecule has 2 rings (SSSR count). The van der Waals surface area contributed by atoms with Gasteiger partial charge in [0.05, 0.1) is 5.69 Å². The van der Waals surface area contributed by atoms with E-state index in [4.69, 9.17) is 0 Å². The molecule has 1 aliphatic rings. The predicted molar refractivity (Wildman–Crippen MR) is 72.4 cm³/mol. The van der Waals surface area contributed by atoms with Gasteiger partial charge < -0.3 is 10.6 Å². The molecule has 0 saturated carbocycles. The van der Waals surface area contributed by atoms with Gasteiger partial charge in [0.15, 0.2) is 11.6 Å². The van der Waals surface area contributed by atoms with Gasteiger partial charge in [0, 0.05) is 18.6 Å². The number of carbonyl (C=O) groups is 1. The average molecular weight is 309 g/mol. The van der Waals surface area contributed by atoms with Crippen LogP contribution >= 0.6 is 12.4 Å². The number of nitrogens with one attached hydrogen (secondary N) is 2. The molecule has 1 atom stereocenters. The molecule has 2 N–H and O–H groups in total. The quantitative estimate of drug-likeness (QED) is 0.840. The van der Waals surface area contributed by atoms with Crippen LogP contribution in [0.5, 0.6) is 0 Å². The second kappa shape index (κ2) is 7.50. The molecule has 0 bridgehead atoms. The van der Waals surface area contributed by atoms with Gasteiger partial charge in [-0.2, -0.15) is 0 Å². The van der Waals surface area contributed by atoms with Crippen molar-refractivity contribution in [2.75, 3.05) is 18.4 Å². The lowest BCUT2D eigenvalue weighted by Crippen LogP contribution is -2.16. The fraction of sp³-hybridized carbons (Fsp3) is 0.462. The highest BCUT2D eigenvalue weighted by Gasteiger charge is 2.17. The number of carbonyl (C=O) groups excluding carboxylic acids is 1. The molecule has 1 heterocycles. The third-order valence-electron chi connectivity index (χ3n) is 3.23. The normalized spacial score (nSPS) is 17.6. The lowest BCUT2D eigenvalue weighted by molar-refractivity contribution is -0.116. The molecule has 0 radical (unpaired) electrons. The summed E-state index contributed by atoms with van der Waals surface area (Å²) in [6.45, 7) is 1.83. The number of anilines is 1. The molecule has 20 heavy (non-hydrogen) atoms. The van der Waals surface area contributed by atoms with Crippen LogP contribution < -0.4 is 10.6 Å². The molecule has 1 amide bonds. The molecular weight excluding hydrogens is 293 g/mol. The van der Waals surface area contributed by atoms with Crippen LogP contribution in [0.4, 0.5) is 18.9 Å². The molecule has 0 spiro atoms. The Labute approximate surface area is 121 Å².